The minimum absolute atomic E-state index is 0.122. The van der Waals surface area contributed by atoms with E-state index in [-0.39, 0.29) is 5.91 Å². The van der Waals surface area contributed by atoms with Crippen LogP contribution in [-0.4, -0.2) is 23.0 Å². The first-order chi connectivity index (χ1) is 9.08. The van der Waals surface area contributed by atoms with Gasteiger partial charge < -0.3 is 10.1 Å². The van der Waals surface area contributed by atoms with Gasteiger partial charge in [-0.2, -0.15) is 0 Å². The second-order valence-corrected chi connectivity index (χ2v) is 5.99. The molecule has 2 heterocycles. The van der Waals surface area contributed by atoms with Crippen LogP contribution in [0, 0.1) is 6.92 Å². The summed E-state index contributed by atoms with van der Waals surface area (Å²) >= 11 is 5.03. The van der Waals surface area contributed by atoms with Gasteiger partial charge in [0.05, 0.1) is 13.5 Å². The van der Waals surface area contributed by atoms with Gasteiger partial charge in [0.25, 0.3) is 0 Å². The molecule has 0 bridgehead atoms. The lowest BCUT2D eigenvalue weighted by molar-refractivity contribution is -0.115. The van der Waals surface area contributed by atoms with Crippen LogP contribution in [0.15, 0.2) is 22.9 Å². The number of hydrogen-bond acceptors (Lipinski definition) is 5. The van der Waals surface area contributed by atoms with Crippen LogP contribution in [0.3, 0.4) is 0 Å². The fourth-order valence-corrected chi connectivity index (χ4v) is 3.31. The molecule has 0 saturated heterocycles. The zero-order chi connectivity index (χ0) is 13.8. The van der Waals surface area contributed by atoms with E-state index in [9.17, 15) is 4.79 Å². The molecule has 7 heteroatoms. The second-order valence-electron chi connectivity index (χ2n) is 3.80. The van der Waals surface area contributed by atoms with Crippen LogP contribution in [-0.2, 0) is 11.2 Å². The predicted molar refractivity (Wildman–Crippen MR) is 77.7 cm³/mol. The molecular weight excluding hydrogens is 330 g/mol. The number of methoxy groups -OCH3 is 1. The first-order valence-corrected chi connectivity index (χ1v) is 7.10. The van der Waals surface area contributed by atoms with E-state index in [2.05, 4.69) is 31.2 Å². The van der Waals surface area contributed by atoms with Crippen LogP contribution in [0.4, 0.5) is 5.82 Å². The molecule has 0 unspecified atom stereocenters. The lowest BCUT2D eigenvalue weighted by Gasteiger charge is -2.04. The summed E-state index contributed by atoms with van der Waals surface area (Å²) in [5.41, 5.74) is 0. The van der Waals surface area contributed by atoms with Gasteiger partial charge in [0.1, 0.15) is 12.1 Å². The van der Waals surface area contributed by atoms with E-state index in [4.69, 9.17) is 4.74 Å². The molecular formula is C12H12BrN3O2S. The molecule has 0 spiro atoms. The Kier molecular flexibility index (Phi) is 4.49. The maximum Gasteiger partial charge on any atom is 0.230 e. The second kappa shape index (κ2) is 6.12. The van der Waals surface area contributed by atoms with E-state index >= 15 is 0 Å². The zero-order valence-electron chi connectivity index (χ0n) is 10.4. The summed E-state index contributed by atoms with van der Waals surface area (Å²) < 4.78 is 5.93. The highest BCUT2D eigenvalue weighted by Crippen LogP contribution is 2.27. The van der Waals surface area contributed by atoms with Gasteiger partial charge >= 0.3 is 0 Å². The summed E-state index contributed by atoms with van der Waals surface area (Å²) in [5.74, 6) is 0.725. The summed E-state index contributed by atoms with van der Waals surface area (Å²) in [4.78, 5) is 21.9. The Morgan fingerprint density at radius 3 is 2.89 bits per heavy atom. The highest BCUT2D eigenvalue weighted by molar-refractivity contribution is 9.10. The van der Waals surface area contributed by atoms with Crippen LogP contribution < -0.4 is 10.1 Å². The molecule has 0 saturated carbocycles. The van der Waals surface area contributed by atoms with Crippen molar-refractivity contribution in [2.75, 3.05) is 12.4 Å². The van der Waals surface area contributed by atoms with Gasteiger partial charge in [-0.1, -0.05) is 0 Å². The van der Waals surface area contributed by atoms with Crippen LogP contribution in [0.2, 0.25) is 0 Å². The lowest BCUT2D eigenvalue weighted by Crippen LogP contribution is -2.15. The lowest BCUT2D eigenvalue weighted by atomic mass is 10.3. The topological polar surface area (TPSA) is 64.1 Å². The molecule has 2 aromatic rings. The van der Waals surface area contributed by atoms with Crippen LogP contribution in [0.25, 0.3) is 0 Å². The number of halogens is 1. The van der Waals surface area contributed by atoms with Gasteiger partial charge in [-0.25, -0.2) is 9.97 Å². The van der Waals surface area contributed by atoms with E-state index in [1.807, 2.05) is 13.0 Å². The smallest absolute Gasteiger partial charge is 0.230 e. The summed E-state index contributed by atoms with van der Waals surface area (Å²) in [7, 11) is 1.51. The largest absolute Gasteiger partial charge is 0.481 e. The number of ether oxygens (including phenoxy) is 1. The number of thiophene rings is 1. The van der Waals surface area contributed by atoms with Crippen molar-refractivity contribution in [3.8, 4) is 5.88 Å². The van der Waals surface area contributed by atoms with Crippen molar-refractivity contribution >= 4 is 39.0 Å². The number of nitrogens with zero attached hydrogens (tertiary/aromatic N) is 2. The number of anilines is 1. The first kappa shape index (κ1) is 14.0. The number of aryl methyl sites for hydroxylation is 1. The van der Waals surface area contributed by atoms with Crippen molar-refractivity contribution in [2.24, 2.45) is 0 Å². The summed E-state index contributed by atoms with van der Waals surface area (Å²) in [6.07, 6.45) is 1.66. The molecule has 0 aliphatic rings. The van der Waals surface area contributed by atoms with Crippen molar-refractivity contribution in [1.29, 1.82) is 0 Å². The Balaban J connectivity index is 2.03. The van der Waals surface area contributed by atoms with E-state index < -0.39 is 0 Å². The molecule has 2 aromatic heterocycles. The minimum Gasteiger partial charge on any atom is -0.481 e. The third kappa shape index (κ3) is 3.74. The Labute approximate surface area is 123 Å². The number of hydrogen-bond donors (Lipinski definition) is 1. The van der Waals surface area contributed by atoms with Gasteiger partial charge in [-0.15, -0.1) is 11.3 Å². The number of carbonyl (C=O) groups is 1. The Hall–Kier alpha value is -1.47. The molecule has 0 aromatic carbocycles. The number of rotatable bonds is 4. The van der Waals surface area contributed by atoms with Gasteiger partial charge in [-0.05, 0) is 28.9 Å². The maximum absolute atomic E-state index is 11.9. The summed E-state index contributed by atoms with van der Waals surface area (Å²) in [5, 5.41) is 2.72. The average Bonchev–Trinajstić information content (AvgIpc) is 2.68. The van der Waals surface area contributed by atoms with Crippen molar-refractivity contribution in [2.45, 2.75) is 13.3 Å². The summed E-state index contributed by atoms with van der Waals surface area (Å²) in [6.45, 7) is 2.01. The monoisotopic (exact) mass is 341 g/mol. The van der Waals surface area contributed by atoms with Gasteiger partial charge in [0.2, 0.25) is 11.8 Å². The Morgan fingerprint density at radius 1 is 1.47 bits per heavy atom. The highest BCUT2D eigenvalue weighted by Gasteiger charge is 2.11. The average molecular weight is 342 g/mol. The quantitative estimate of drug-likeness (QED) is 0.928. The molecule has 0 aliphatic carbocycles. The van der Waals surface area contributed by atoms with Gasteiger partial charge in [0.15, 0.2) is 0 Å². The van der Waals surface area contributed by atoms with Gasteiger partial charge in [0, 0.05) is 20.3 Å². The minimum atomic E-state index is -0.122. The molecule has 1 amide bonds. The van der Waals surface area contributed by atoms with Crippen LogP contribution >= 0.6 is 27.3 Å². The number of aromatic nitrogens is 2. The van der Waals surface area contributed by atoms with E-state index in [0.717, 1.165) is 9.35 Å². The molecule has 5 nitrogen and oxygen atoms in total. The fraction of sp³-hybridized carbons (Fsp3) is 0.250. The molecule has 2 rings (SSSR count). The van der Waals surface area contributed by atoms with E-state index in [1.165, 1.54) is 18.3 Å². The molecule has 0 aliphatic heterocycles. The molecule has 100 valence electrons. The van der Waals surface area contributed by atoms with Gasteiger partial charge in [-0.3, -0.25) is 4.79 Å². The molecule has 0 fully saturated rings. The van der Waals surface area contributed by atoms with Crippen LogP contribution in [0.1, 0.15) is 9.75 Å². The van der Waals surface area contributed by atoms with E-state index in [0.29, 0.717) is 18.1 Å². The molecule has 0 radical (unpaired) electrons. The van der Waals surface area contributed by atoms with E-state index in [1.54, 1.807) is 17.4 Å². The van der Waals surface area contributed by atoms with Crippen molar-refractivity contribution in [1.82, 2.24) is 9.97 Å². The number of carbonyl (C=O) groups excluding carboxylic acids is 1. The Morgan fingerprint density at radius 2 is 2.26 bits per heavy atom. The zero-order valence-corrected chi connectivity index (χ0v) is 12.8. The standard InChI is InChI=1S/C12H12BrN3O2S/c1-7-3-8(13)9(19-7)4-11(17)16-10-5-12(18-2)15-6-14-10/h3,5-6H,4H2,1-2H3,(H,14,15,16,17). The Bertz CT molecular complexity index is 600. The molecule has 19 heavy (non-hydrogen) atoms. The van der Waals surface area contributed by atoms with Crippen molar-refractivity contribution in [3.05, 3.63) is 32.7 Å². The number of nitrogens with one attached hydrogen (secondary N) is 1. The normalized spacial score (nSPS) is 10.3. The molecule has 1 N–H and O–H groups in total. The third-order valence-corrected chi connectivity index (χ3v) is 4.34. The maximum atomic E-state index is 11.9. The van der Waals surface area contributed by atoms with Crippen molar-refractivity contribution < 1.29 is 9.53 Å². The third-order valence-electron chi connectivity index (χ3n) is 2.32. The first-order valence-electron chi connectivity index (χ1n) is 5.49. The summed E-state index contributed by atoms with van der Waals surface area (Å²) in [6, 6.07) is 3.58. The predicted octanol–water partition coefficient (Wildman–Crippen LogP) is 2.80. The fourth-order valence-electron chi connectivity index (χ4n) is 1.50. The highest BCUT2D eigenvalue weighted by atomic mass is 79.9. The molecule has 0 atom stereocenters. The van der Waals surface area contributed by atoms with Crippen LogP contribution in [0.5, 0.6) is 5.88 Å². The number of amides is 1. The van der Waals surface area contributed by atoms with Crippen molar-refractivity contribution in [3.63, 3.8) is 0 Å². The SMILES string of the molecule is COc1cc(NC(=O)Cc2sc(C)cc2Br)ncn1.